The summed E-state index contributed by atoms with van der Waals surface area (Å²) < 4.78 is 6.16. The van der Waals surface area contributed by atoms with Crippen LogP contribution in [0.1, 0.15) is 66.2 Å². The van der Waals surface area contributed by atoms with E-state index >= 15 is 0 Å². The maximum Gasteiger partial charge on any atom is 0.137 e. The molecule has 1 heterocycles. The molecule has 0 aromatic carbocycles. The van der Waals surface area contributed by atoms with Crippen LogP contribution in [-0.2, 0) is 4.74 Å². The molecule has 0 amide bonds. The molecule has 3 rings (SSSR count). The largest absolute Gasteiger partial charge is 0.366 e. The lowest BCUT2D eigenvalue weighted by Gasteiger charge is -2.60. The summed E-state index contributed by atoms with van der Waals surface area (Å²) in [5, 5.41) is 3.86. The van der Waals surface area contributed by atoms with Gasteiger partial charge in [0.1, 0.15) is 6.23 Å². The van der Waals surface area contributed by atoms with Gasteiger partial charge in [-0.2, -0.15) is 0 Å². The Morgan fingerprint density at radius 1 is 1.10 bits per heavy atom. The Labute approximate surface area is 121 Å². The molecule has 5 atom stereocenters. The van der Waals surface area contributed by atoms with Crippen LogP contribution in [0.3, 0.4) is 0 Å². The zero-order chi connectivity index (χ0) is 14.6. The van der Waals surface area contributed by atoms with Crippen molar-refractivity contribution in [3.8, 4) is 0 Å². The molecule has 2 saturated carbocycles. The maximum atomic E-state index is 8.70. The molecule has 4 heteroatoms. The minimum Gasteiger partial charge on any atom is -0.366 e. The van der Waals surface area contributed by atoms with Crippen molar-refractivity contribution in [2.45, 2.75) is 78.0 Å². The SMILES string of the molecule is CC1(C)CCC[C@]2(C)[C@H]3CC(N=[N+]=[N-])O[C@]3(C)CC[C@@H]12. The highest BCUT2D eigenvalue weighted by Gasteiger charge is 2.61. The van der Waals surface area contributed by atoms with E-state index in [1.165, 1.54) is 25.7 Å². The van der Waals surface area contributed by atoms with Gasteiger partial charge >= 0.3 is 0 Å². The number of ether oxygens (including phenoxy) is 1. The van der Waals surface area contributed by atoms with Gasteiger partial charge in [0.05, 0.1) is 5.60 Å². The summed E-state index contributed by atoms with van der Waals surface area (Å²) in [5.74, 6) is 1.30. The van der Waals surface area contributed by atoms with Crippen LogP contribution in [0.4, 0.5) is 0 Å². The fourth-order valence-corrected chi connectivity index (χ4v) is 5.95. The summed E-state index contributed by atoms with van der Waals surface area (Å²) in [4.78, 5) is 2.96. The van der Waals surface area contributed by atoms with Gasteiger partial charge in [-0.3, -0.25) is 0 Å². The van der Waals surface area contributed by atoms with Crippen molar-refractivity contribution < 1.29 is 4.74 Å². The molecule has 0 N–H and O–H groups in total. The minimum atomic E-state index is -0.254. The van der Waals surface area contributed by atoms with E-state index in [2.05, 4.69) is 37.7 Å². The van der Waals surface area contributed by atoms with Crippen LogP contribution >= 0.6 is 0 Å². The summed E-state index contributed by atoms with van der Waals surface area (Å²) in [7, 11) is 0. The first kappa shape index (κ1) is 14.2. The van der Waals surface area contributed by atoms with Crippen LogP contribution in [0.15, 0.2) is 5.11 Å². The van der Waals surface area contributed by atoms with Crippen molar-refractivity contribution >= 4 is 0 Å². The van der Waals surface area contributed by atoms with Crippen LogP contribution in [0.2, 0.25) is 0 Å². The molecule has 0 radical (unpaired) electrons. The lowest BCUT2D eigenvalue weighted by molar-refractivity contribution is -0.154. The Balaban J connectivity index is 1.95. The summed E-state index contributed by atoms with van der Waals surface area (Å²) in [6.45, 7) is 9.60. The molecule has 1 aliphatic heterocycles. The lowest BCUT2D eigenvalue weighted by Crippen LogP contribution is -2.55. The Morgan fingerprint density at radius 3 is 2.55 bits per heavy atom. The van der Waals surface area contributed by atoms with Gasteiger partial charge in [-0.25, -0.2) is 0 Å². The van der Waals surface area contributed by atoms with E-state index < -0.39 is 0 Å². The standard InChI is InChI=1S/C16H27N3O/c1-14(2)7-5-8-15(3)11(14)6-9-16(4)12(15)10-13(20-16)18-19-17/h11-13H,5-10H2,1-4H3/t11-,12+,13?,15-,16+/m0/s1. The summed E-state index contributed by atoms with van der Waals surface area (Å²) in [6, 6.07) is 0. The highest BCUT2D eigenvalue weighted by Crippen LogP contribution is 2.65. The molecule has 112 valence electrons. The van der Waals surface area contributed by atoms with Crippen molar-refractivity contribution in [1.82, 2.24) is 0 Å². The van der Waals surface area contributed by atoms with Gasteiger partial charge in [-0.1, -0.05) is 32.3 Å². The molecule has 20 heavy (non-hydrogen) atoms. The highest BCUT2D eigenvalue weighted by atomic mass is 16.5. The molecular weight excluding hydrogens is 250 g/mol. The first-order valence-corrected chi connectivity index (χ1v) is 8.04. The topological polar surface area (TPSA) is 58.0 Å². The fraction of sp³-hybridized carbons (Fsp3) is 1.00. The Bertz CT molecular complexity index is 457. The molecular formula is C16H27N3O. The predicted molar refractivity (Wildman–Crippen MR) is 79.0 cm³/mol. The number of hydrogen-bond acceptors (Lipinski definition) is 2. The monoisotopic (exact) mass is 277 g/mol. The first-order valence-electron chi connectivity index (χ1n) is 8.04. The van der Waals surface area contributed by atoms with E-state index in [0.717, 1.165) is 18.8 Å². The quantitative estimate of drug-likeness (QED) is 0.376. The normalized spacial score (nSPS) is 49.9. The zero-order valence-corrected chi connectivity index (χ0v) is 13.2. The van der Waals surface area contributed by atoms with Crippen molar-refractivity contribution in [1.29, 1.82) is 0 Å². The Kier molecular flexibility index (Phi) is 3.11. The molecule has 0 aromatic heterocycles. The summed E-state index contributed by atoms with van der Waals surface area (Å²) in [6.07, 6.45) is 6.97. The van der Waals surface area contributed by atoms with Crippen LogP contribution in [0, 0.1) is 22.7 Å². The van der Waals surface area contributed by atoms with Crippen molar-refractivity contribution in [3.63, 3.8) is 0 Å². The van der Waals surface area contributed by atoms with Crippen LogP contribution in [-0.4, -0.2) is 11.8 Å². The summed E-state index contributed by atoms with van der Waals surface area (Å²) in [5.41, 5.74) is 9.39. The maximum absolute atomic E-state index is 8.70. The second kappa shape index (κ2) is 4.38. The predicted octanol–water partition coefficient (Wildman–Crippen LogP) is 5.04. The van der Waals surface area contributed by atoms with E-state index in [1.807, 2.05) is 0 Å². The van der Waals surface area contributed by atoms with Gasteiger partial charge in [0, 0.05) is 4.91 Å². The second-order valence-corrected chi connectivity index (χ2v) is 8.32. The number of hydrogen-bond donors (Lipinski definition) is 0. The molecule has 3 fully saturated rings. The van der Waals surface area contributed by atoms with E-state index in [4.69, 9.17) is 10.3 Å². The number of nitrogens with zero attached hydrogens (tertiary/aromatic N) is 3. The molecule has 1 saturated heterocycles. The molecule has 4 nitrogen and oxygen atoms in total. The van der Waals surface area contributed by atoms with Gasteiger partial charge in [-0.15, -0.1) is 0 Å². The number of rotatable bonds is 1. The average Bonchev–Trinajstić information content (AvgIpc) is 2.66. The summed E-state index contributed by atoms with van der Waals surface area (Å²) >= 11 is 0. The van der Waals surface area contributed by atoms with E-state index in [9.17, 15) is 0 Å². The van der Waals surface area contributed by atoms with E-state index in [0.29, 0.717) is 16.7 Å². The average molecular weight is 277 g/mol. The Hall–Kier alpha value is -0.730. The smallest absolute Gasteiger partial charge is 0.137 e. The van der Waals surface area contributed by atoms with E-state index in [-0.39, 0.29) is 11.8 Å². The van der Waals surface area contributed by atoms with Crippen molar-refractivity contribution in [2.75, 3.05) is 0 Å². The van der Waals surface area contributed by atoms with Gasteiger partial charge < -0.3 is 4.74 Å². The zero-order valence-electron chi connectivity index (χ0n) is 13.2. The van der Waals surface area contributed by atoms with E-state index in [1.54, 1.807) is 0 Å². The molecule has 2 aliphatic carbocycles. The first-order chi connectivity index (χ1) is 9.32. The van der Waals surface area contributed by atoms with Crippen molar-refractivity contribution in [3.05, 3.63) is 10.4 Å². The molecule has 0 bridgehead atoms. The fourth-order valence-electron chi connectivity index (χ4n) is 5.95. The van der Waals surface area contributed by atoms with Gasteiger partial charge in [-0.05, 0) is 67.2 Å². The minimum absolute atomic E-state index is 0.0858. The van der Waals surface area contributed by atoms with Gasteiger partial charge in [0.25, 0.3) is 0 Å². The second-order valence-electron chi connectivity index (χ2n) is 8.32. The number of azide groups is 1. The van der Waals surface area contributed by atoms with Crippen molar-refractivity contribution in [2.24, 2.45) is 27.8 Å². The van der Waals surface area contributed by atoms with Gasteiger partial charge in [0.15, 0.2) is 0 Å². The lowest BCUT2D eigenvalue weighted by atomic mass is 9.45. The third-order valence-electron chi connectivity index (χ3n) is 6.76. The molecule has 1 unspecified atom stereocenters. The Morgan fingerprint density at radius 2 is 1.85 bits per heavy atom. The van der Waals surface area contributed by atoms with Gasteiger partial charge in [0.2, 0.25) is 0 Å². The molecule has 0 aromatic rings. The third-order valence-corrected chi connectivity index (χ3v) is 6.76. The molecule has 3 aliphatic rings. The number of fused-ring (bicyclic) bond motifs is 3. The van der Waals surface area contributed by atoms with Crippen LogP contribution in [0.5, 0.6) is 0 Å². The highest BCUT2D eigenvalue weighted by molar-refractivity contribution is 5.10. The third kappa shape index (κ3) is 1.88. The van der Waals surface area contributed by atoms with Crippen LogP contribution < -0.4 is 0 Å². The van der Waals surface area contributed by atoms with Crippen LogP contribution in [0.25, 0.3) is 10.4 Å². The molecule has 0 spiro atoms.